The number of nitrogens with two attached hydrogens (primary N) is 1. The average Bonchev–Trinajstić information content (AvgIpc) is 2.28. The van der Waals surface area contributed by atoms with Crippen LogP contribution in [0.2, 0.25) is 0 Å². The van der Waals surface area contributed by atoms with Gasteiger partial charge in [-0.2, -0.15) is 5.26 Å². The maximum absolute atomic E-state index is 8.93. The van der Waals surface area contributed by atoms with Crippen LogP contribution in [-0.2, 0) is 0 Å². The lowest BCUT2D eigenvalue weighted by Crippen LogP contribution is -2.40. The fourth-order valence-corrected chi connectivity index (χ4v) is 2.34. The summed E-state index contributed by atoms with van der Waals surface area (Å²) >= 11 is 0. The molecule has 1 aliphatic heterocycles. The van der Waals surface area contributed by atoms with Gasteiger partial charge >= 0.3 is 0 Å². The normalized spacial score (nSPS) is 18.8. The zero-order valence-electron chi connectivity index (χ0n) is 10.4. The molecule has 1 aliphatic rings. The molecule has 0 aromatic carbocycles. The molecule has 0 radical (unpaired) electrons. The van der Waals surface area contributed by atoms with Crippen molar-refractivity contribution >= 4 is 11.5 Å². The van der Waals surface area contributed by atoms with Gasteiger partial charge in [-0.1, -0.05) is 13.8 Å². The second-order valence-corrected chi connectivity index (χ2v) is 5.41. The van der Waals surface area contributed by atoms with Gasteiger partial charge in [-0.15, -0.1) is 0 Å². The number of hydrogen-bond donors (Lipinski definition) is 1. The Kier molecular flexibility index (Phi) is 2.93. The van der Waals surface area contributed by atoms with E-state index < -0.39 is 0 Å². The van der Waals surface area contributed by atoms with Crippen molar-refractivity contribution in [2.24, 2.45) is 5.41 Å². The Labute approximate surface area is 102 Å². The average molecular weight is 230 g/mol. The smallest absolute Gasteiger partial charge is 0.165 e. The Morgan fingerprint density at radius 3 is 2.88 bits per heavy atom. The van der Waals surface area contributed by atoms with Gasteiger partial charge in [-0.25, -0.2) is 4.98 Å². The SMILES string of the molecule is CC1(C)CCCN(c2ccc(N)c(C#N)n2)C1. The van der Waals surface area contributed by atoms with Crippen molar-refractivity contribution in [3.8, 4) is 6.07 Å². The van der Waals surface area contributed by atoms with Crippen molar-refractivity contribution < 1.29 is 0 Å². The van der Waals surface area contributed by atoms with E-state index in [4.69, 9.17) is 11.0 Å². The number of aromatic nitrogens is 1. The zero-order chi connectivity index (χ0) is 12.5. The van der Waals surface area contributed by atoms with E-state index in [1.165, 1.54) is 12.8 Å². The molecule has 2 rings (SSSR count). The Balaban J connectivity index is 2.26. The number of nitriles is 1. The third-order valence-electron chi connectivity index (χ3n) is 3.24. The van der Waals surface area contributed by atoms with Crippen molar-refractivity contribution in [3.63, 3.8) is 0 Å². The van der Waals surface area contributed by atoms with Crippen LogP contribution in [0.4, 0.5) is 11.5 Å². The van der Waals surface area contributed by atoms with Crippen LogP contribution in [0.5, 0.6) is 0 Å². The Morgan fingerprint density at radius 2 is 2.24 bits per heavy atom. The van der Waals surface area contributed by atoms with Crippen molar-refractivity contribution in [1.29, 1.82) is 5.26 Å². The van der Waals surface area contributed by atoms with Crippen LogP contribution >= 0.6 is 0 Å². The highest BCUT2D eigenvalue weighted by molar-refractivity contribution is 5.55. The second-order valence-electron chi connectivity index (χ2n) is 5.41. The topological polar surface area (TPSA) is 65.9 Å². The van der Waals surface area contributed by atoms with Crippen LogP contribution < -0.4 is 10.6 Å². The van der Waals surface area contributed by atoms with Gasteiger partial charge in [-0.3, -0.25) is 0 Å². The van der Waals surface area contributed by atoms with Crippen LogP contribution in [-0.4, -0.2) is 18.1 Å². The molecule has 17 heavy (non-hydrogen) atoms. The zero-order valence-corrected chi connectivity index (χ0v) is 10.4. The minimum absolute atomic E-state index is 0.314. The number of nitrogens with zero attached hydrogens (tertiary/aromatic N) is 3. The number of hydrogen-bond acceptors (Lipinski definition) is 4. The molecule has 90 valence electrons. The predicted octanol–water partition coefficient (Wildman–Crippen LogP) is 2.16. The molecule has 0 saturated carbocycles. The first-order valence-corrected chi connectivity index (χ1v) is 5.93. The van der Waals surface area contributed by atoms with Crippen molar-refractivity contribution in [2.45, 2.75) is 26.7 Å². The fourth-order valence-electron chi connectivity index (χ4n) is 2.34. The van der Waals surface area contributed by atoms with Crippen molar-refractivity contribution in [2.75, 3.05) is 23.7 Å². The molecular formula is C13H18N4. The highest BCUT2D eigenvalue weighted by atomic mass is 15.2. The molecular weight excluding hydrogens is 212 g/mol. The quantitative estimate of drug-likeness (QED) is 0.803. The van der Waals surface area contributed by atoms with Gasteiger partial charge in [0.1, 0.15) is 11.9 Å². The molecule has 1 aromatic heterocycles. The summed E-state index contributed by atoms with van der Waals surface area (Å²) in [5.41, 5.74) is 6.77. The third-order valence-corrected chi connectivity index (χ3v) is 3.24. The summed E-state index contributed by atoms with van der Waals surface area (Å²) in [6.45, 7) is 6.52. The van der Waals surface area contributed by atoms with Gasteiger partial charge in [0.15, 0.2) is 5.69 Å². The summed E-state index contributed by atoms with van der Waals surface area (Å²) in [5, 5.41) is 8.93. The molecule has 4 heteroatoms. The van der Waals surface area contributed by atoms with Crippen LogP contribution in [0.25, 0.3) is 0 Å². The van der Waals surface area contributed by atoms with E-state index in [1.807, 2.05) is 12.1 Å². The lowest BCUT2D eigenvalue weighted by atomic mass is 9.84. The summed E-state index contributed by atoms with van der Waals surface area (Å²) in [6.07, 6.45) is 2.41. The minimum Gasteiger partial charge on any atom is -0.396 e. The van der Waals surface area contributed by atoms with Crippen LogP contribution in [0, 0.1) is 16.7 Å². The van der Waals surface area contributed by atoms with Crippen LogP contribution in [0.1, 0.15) is 32.4 Å². The van der Waals surface area contributed by atoms with Gasteiger partial charge in [0.25, 0.3) is 0 Å². The van der Waals surface area contributed by atoms with Crippen molar-refractivity contribution in [1.82, 2.24) is 4.98 Å². The lowest BCUT2D eigenvalue weighted by Gasteiger charge is -2.38. The monoisotopic (exact) mass is 230 g/mol. The fraction of sp³-hybridized carbons (Fsp3) is 0.538. The van der Waals surface area contributed by atoms with Gasteiger partial charge in [0.05, 0.1) is 5.69 Å². The third kappa shape index (κ3) is 2.50. The molecule has 2 heterocycles. The number of piperidine rings is 1. The van der Waals surface area contributed by atoms with E-state index in [1.54, 1.807) is 6.07 Å². The molecule has 0 spiro atoms. The molecule has 4 nitrogen and oxygen atoms in total. The molecule has 1 saturated heterocycles. The molecule has 0 aliphatic carbocycles. The van der Waals surface area contributed by atoms with Gasteiger partial charge in [0, 0.05) is 13.1 Å². The standard InChI is InChI=1S/C13H18N4/c1-13(2)6-3-7-17(9-13)12-5-4-10(15)11(8-14)16-12/h4-5H,3,6-7,9,15H2,1-2H3. The largest absolute Gasteiger partial charge is 0.396 e. The van der Waals surface area contributed by atoms with Crippen LogP contribution in [0.3, 0.4) is 0 Å². The van der Waals surface area contributed by atoms with Crippen molar-refractivity contribution in [3.05, 3.63) is 17.8 Å². The Bertz CT molecular complexity index is 459. The lowest BCUT2D eigenvalue weighted by molar-refractivity contribution is 0.292. The van der Waals surface area contributed by atoms with E-state index in [-0.39, 0.29) is 0 Å². The molecule has 1 fully saturated rings. The summed E-state index contributed by atoms with van der Waals surface area (Å²) in [7, 11) is 0. The number of anilines is 2. The van der Waals surface area contributed by atoms with E-state index in [0.717, 1.165) is 18.9 Å². The van der Waals surface area contributed by atoms with Gasteiger partial charge in [0.2, 0.25) is 0 Å². The summed E-state index contributed by atoms with van der Waals surface area (Å²) in [4.78, 5) is 6.56. The highest BCUT2D eigenvalue weighted by Gasteiger charge is 2.27. The van der Waals surface area contributed by atoms with E-state index in [0.29, 0.717) is 16.8 Å². The number of nitrogen functional groups attached to an aromatic ring is 1. The molecule has 1 aromatic rings. The summed E-state index contributed by atoms with van der Waals surface area (Å²) < 4.78 is 0. The highest BCUT2D eigenvalue weighted by Crippen LogP contribution is 2.31. The molecule has 0 amide bonds. The van der Waals surface area contributed by atoms with E-state index in [2.05, 4.69) is 23.7 Å². The second kappa shape index (κ2) is 4.25. The van der Waals surface area contributed by atoms with Gasteiger partial charge < -0.3 is 10.6 Å². The predicted molar refractivity (Wildman–Crippen MR) is 68.6 cm³/mol. The summed E-state index contributed by atoms with van der Waals surface area (Å²) in [5.74, 6) is 0.864. The molecule has 2 N–H and O–H groups in total. The Morgan fingerprint density at radius 1 is 1.47 bits per heavy atom. The maximum atomic E-state index is 8.93. The van der Waals surface area contributed by atoms with Crippen LogP contribution in [0.15, 0.2) is 12.1 Å². The van der Waals surface area contributed by atoms with E-state index >= 15 is 0 Å². The number of rotatable bonds is 1. The summed E-state index contributed by atoms with van der Waals surface area (Å²) in [6, 6.07) is 5.70. The number of pyridine rings is 1. The van der Waals surface area contributed by atoms with Gasteiger partial charge in [-0.05, 0) is 30.4 Å². The first kappa shape index (κ1) is 11.7. The molecule has 0 unspecified atom stereocenters. The first-order chi connectivity index (χ1) is 8.02. The molecule has 0 atom stereocenters. The van der Waals surface area contributed by atoms with E-state index in [9.17, 15) is 0 Å². The maximum Gasteiger partial charge on any atom is 0.165 e. The minimum atomic E-state index is 0.314. The first-order valence-electron chi connectivity index (χ1n) is 5.93. The molecule has 0 bridgehead atoms. The Hall–Kier alpha value is -1.76.